The summed E-state index contributed by atoms with van der Waals surface area (Å²) in [5.74, 6) is -0.193. The number of sulfonamides is 1. The highest BCUT2D eigenvalue weighted by Gasteiger charge is 2.31. The van der Waals surface area contributed by atoms with Gasteiger partial charge in [0, 0.05) is 0 Å². The number of carbonyl (C=O) groups excluding carboxylic acids is 1. The molecule has 3 rings (SSSR count). The number of hydrogen-bond acceptors (Lipinski definition) is 4. The standard InChI is InChI=1S/C26H28BrNO4S/c1-4-6-21-11-16-25(24(27)17-21)32-18-26(29)28(22-12-9-20(5-2)10-13-22)33(30,31)23-14-7-19(3)8-15-23/h7-17H,4-6,18H2,1-3H3. The first-order valence-electron chi connectivity index (χ1n) is 10.9. The Morgan fingerprint density at radius 2 is 1.58 bits per heavy atom. The molecule has 0 radical (unpaired) electrons. The second kappa shape index (κ2) is 11.0. The lowest BCUT2D eigenvalue weighted by atomic mass is 10.1. The zero-order chi connectivity index (χ0) is 24.0. The van der Waals surface area contributed by atoms with Crippen LogP contribution >= 0.6 is 15.9 Å². The van der Waals surface area contributed by atoms with Crippen molar-refractivity contribution in [2.45, 2.75) is 44.9 Å². The third-order valence-corrected chi connectivity index (χ3v) is 7.63. The van der Waals surface area contributed by atoms with Crippen LogP contribution in [0.2, 0.25) is 0 Å². The highest BCUT2D eigenvalue weighted by molar-refractivity contribution is 9.10. The SMILES string of the molecule is CCCc1ccc(OCC(=O)N(c2ccc(CC)cc2)S(=O)(=O)c2ccc(C)cc2)c(Br)c1. The summed E-state index contributed by atoms with van der Waals surface area (Å²) in [5.41, 5.74) is 3.41. The van der Waals surface area contributed by atoms with Crippen LogP contribution in [0.3, 0.4) is 0 Å². The van der Waals surface area contributed by atoms with Crippen molar-refractivity contribution >= 4 is 37.5 Å². The normalized spacial score (nSPS) is 11.3. The lowest BCUT2D eigenvalue weighted by Gasteiger charge is -2.23. The van der Waals surface area contributed by atoms with E-state index in [9.17, 15) is 13.2 Å². The van der Waals surface area contributed by atoms with Gasteiger partial charge in [-0.1, -0.05) is 56.2 Å². The van der Waals surface area contributed by atoms with Gasteiger partial charge in [0.15, 0.2) is 6.61 Å². The second-order valence-corrected chi connectivity index (χ2v) is 10.4. The van der Waals surface area contributed by atoms with Crippen LogP contribution in [-0.4, -0.2) is 20.9 Å². The van der Waals surface area contributed by atoms with Gasteiger partial charge < -0.3 is 4.74 Å². The largest absolute Gasteiger partial charge is 0.483 e. The number of aryl methyl sites for hydroxylation is 3. The monoisotopic (exact) mass is 529 g/mol. The van der Waals surface area contributed by atoms with Crippen molar-refractivity contribution in [1.29, 1.82) is 0 Å². The molecular weight excluding hydrogens is 502 g/mol. The Morgan fingerprint density at radius 1 is 0.939 bits per heavy atom. The summed E-state index contributed by atoms with van der Waals surface area (Å²) in [6, 6.07) is 19.1. The van der Waals surface area contributed by atoms with Gasteiger partial charge in [-0.25, -0.2) is 8.42 Å². The third-order valence-electron chi connectivity index (χ3n) is 5.25. The summed E-state index contributed by atoms with van der Waals surface area (Å²) in [5, 5.41) is 0. The van der Waals surface area contributed by atoms with Crippen LogP contribution in [0.1, 0.15) is 37.0 Å². The van der Waals surface area contributed by atoms with Gasteiger partial charge in [0.05, 0.1) is 15.1 Å². The molecular formula is C26H28BrNO4S. The smallest absolute Gasteiger partial charge is 0.278 e. The van der Waals surface area contributed by atoms with Crippen molar-refractivity contribution in [3.05, 3.63) is 87.9 Å². The van der Waals surface area contributed by atoms with Crippen molar-refractivity contribution < 1.29 is 17.9 Å². The maximum Gasteiger partial charge on any atom is 0.278 e. The molecule has 174 valence electrons. The van der Waals surface area contributed by atoms with Gasteiger partial charge in [-0.3, -0.25) is 4.79 Å². The Bertz CT molecular complexity index is 1210. The van der Waals surface area contributed by atoms with E-state index in [0.29, 0.717) is 5.75 Å². The lowest BCUT2D eigenvalue weighted by Crippen LogP contribution is -2.40. The average molecular weight is 530 g/mol. The molecule has 0 atom stereocenters. The minimum absolute atomic E-state index is 0.0473. The van der Waals surface area contributed by atoms with E-state index < -0.39 is 22.5 Å². The zero-order valence-electron chi connectivity index (χ0n) is 19.0. The van der Waals surface area contributed by atoms with Gasteiger partial charge in [0.2, 0.25) is 0 Å². The molecule has 0 aromatic heterocycles. The van der Waals surface area contributed by atoms with E-state index in [1.165, 1.54) is 12.1 Å². The van der Waals surface area contributed by atoms with E-state index >= 15 is 0 Å². The molecule has 3 aromatic carbocycles. The van der Waals surface area contributed by atoms with E-state index in [0.717, 1.165) is 44.7 Å². The molecule has 3 aromatic rings. The van der Waals surface area contributed by atoms with Gasteiger partial charge in [0.25, 0.3) is 15.9 Å². The molecule has 33 heavy (non-hydrogen) atoms. The van der Waals surface area contributed by atoms with Crippen LogP contribution in [0.4, 0.5) is 5.69 Å². The van der Waals surface area contributed by atoms with E-state index in [-0.39, 0.29) is 10.6 Å². The van der Waals surface area contributed by atoms with Crippen LogP contribution in [0.15, 0.2) is 76.1 Å². The predicted octanol–water partition coefficient (Wildman–Crippen LogP) is 6.07. The Labute approximate surface area is 204 Å². The topological polar surface area (TPSA) is 63.7 Å². The number of hydrogen-bond donors (Lipinski definition) is 0. The average Bonchev–Trinajstić information content (AvgIpc) is 2.79. The van der Waals surface area contributed by atoms with Crippen molar-refractivity contribution in [2.24, 2.45) is 0 Å². The van der Waals surface area contributed by atoms with E-state index in [1.54, 1.807) is 30.3 Å². The summed E-state index contributed by atoms with van der Waals surface area (Å²) < 4.78 is 34.2. The molecule has 1 amide bonds. The fourth-order valence-electron chi connectivity index (χ4n) is 3.40. The van der Waals surface area contributed by atoms with E-state index in [4.69, 9.17) is 4.74 Å². The fourth-order valence-corrected chi connectivity index (χ4v) is 5.35. The van der Waals surface area contributed by atoms with Crippen molar-refractivity contribution in [3.63, 3.8) is 0 Å². The fraction of sp³-hybridized carbons (Fsp3) is 0.269. The van der Waals surface area contributed by atoms with Gasteiger partial charge >= 0.3 is 0 Å². The zero-order valence-corrected chi connectivity index (χ0v) is 21.4. The summed E-state index contributed by atoms with van der Waals surface area (Å²) in [6.45, 7) is 5.57. The molecule has 0 saturated carbocycles. The number of benzene rings is 3. The number of carbonyl (C=O) groups is 1. The van der Waals surface area contributed by atoms with Gasteiger partial charge in [-0.05, 0) is 83.2 Å². The Morgan fingerprint density at radius 3 is 2.15 bits per heavy atom. The van der Waals surface area contributed by atoms with Crippen LogP contribution in [0, 0.1) is 6.92 Å². The van der Waals surface area contributed by atoms with Crippen LogP contribution in [-0.2, 0) is 27.7 Å². The minimum Gasteiger partial charge on any atom is -0.483 e. The van der Waals surface area contributed by atoms with Gasteiger partial charge in [0.1, 0.15) is 5.75 Å². The molecule has 0 spiro atoms. The number of anilines is 1. The molecule has 0 aliphatic heterocycles. The first kappa shape index (κ1) is 25.0. The summed E-state index contributed by atoms with van der Waals surface area (Å²) in [7, 11) is -4.13. The van der Waals surface area contributed by atoms with Gasteiger partial charge in [-0.15, -0.1) is 0 Å². The first-order chi connectivity index (χ1) is 15.8. The highest BCUT2D eigenvalue weighted by atomic mass is 79.9. The Kier molecular flexibility index (Phi) is 8.32. The maximum atomic E-state index is 13.5. The summed E-state index contributed by atoms with van der Waals surface area (Å²) in [6.07, 6.45) is 2.77. The van der Waals surface area contributed by atoms with Gasteiger partial charge in [-0.2, -0.15) is 4.31 Å². The van der Waals surface area contributed by atoms with Crippen molar-refractivity contribution in [1.82, 2.24) is 0 Å². The Balaban J connectivity index is 1.91. The molecule has 0 aliphatic rings. The van der Waals surface area contributed by atoms with E-state index in [1.807, 2.05) is 38.1 Å². The number of amides is 1. The van der Waals surface area contributed by atoms with E-state index in [2.05, 4.69) is 22.9 Å². The minimum atomic E-state index is -4.13. The molecule has 5 nitrogen and oxygen atoms in total. The molecule has 0 N–H and O–H groups in total. The van der Waals surface area contributed by atoms with Crippen molar-refractivity contribution in [3.8, 4) is 5.75 Å². The first-order valence-corrected chi connectivity index (χ1v) is 13.1. The third kappa shape index (κ3) is 6.03. The highest BCUT2D eigenvalue weighted by Crippen LogP contribution is 2.28. The molecule has 0 fully saturated rings. The molecule has 0 bridgehead atoms. The predicted molar refractivity (Wildman–Crippen MR) is 135 cm³/mol. The number of rotatable bonds is 9. The van der Waals surface area contributed by atoms with Crippen LogP contribution < -0.4 is 9.04 Å². The van der Waals surface area contributed by atoms with Crippen molar-refractivity contribution in [2.75, 3.05) is 10.9 Å². The quantitative estimate of drug-likeness (QED) is 0.337. The number of halogens is 1. The number of nitrogens with zero attached hydrogens (tertiary/aromatic N) is 1. The number of ether oxygens (including phenoxy) is 1. The molecule has 0 aliphatic carbocycles. The summed E-state index contributed by atoms with van der Waals surface area (Å²) in [4.78, 5) is 13.3. The maximum absolute atomic E-state index is 13.5. The Hall–Kier alpha value is -2.64. The summed E-state index contributed by atoms with van der Waals surface area (Å²) >= 11 is 3.48. The molecule has 0 unspecified atom stereocenters. The molecule has 0 saturated heterocycles. The van der Waals surface area contributed by atoms with Crippen LogP contribution in [0.25, 0.3) is 0 Å². The molecule has 7 heteroatoms. The molecule has 0 heterocycles. The second-order valence-electron chi connectivity index (χ2n) is 7.80. The lowest BCUT2D eigenvalue weighted by molar-refractivity contribution is -0.119. The van der Waals surface area contributed by atoms with Crippen LogP contribution in [0.5, 0.6) is 5.75 Å².